The fourth-order valence-corrected chi connectivity index (χ4v) is 6.72. The van der Waals surface area contributed by atoms with Crippen molar-refractivity contribution in [2.75, 3.05) is 13.2 Å². The van der Waals surface area contributed by atoms with Crippen LogP contribution in [0.2, 0.25) is 0 Å². The molecule has 3 aliphatic carbocycles. The monoisotopic (exact) mass is 432 g/mol. The normalized spacial score (nSPS) is 33.5. The highest BCUT2D eigenvalue weighted by Crippen LogP contribution is 2.51. The predicted octanol–water partition coefficient (Wildman–Crippen LogP) is 7.42. The summed E-state index contributed by atoms with van der Waals surface area (Å²) in [6.45, 7) is 6.66. The van der Waals surface area contributed by atoms with Gasteiger partial charge in [-0.25, -0.2) is 4.39 Å². The molecule has 3 fully saturated rings. The molecule has 3 saturated carbocycles. The van der Waals surface area contributed by atoms with E-state index in [2.05, 4.69) is 13.5 Å². The lowest BCUT2D eigenvalue weighted by molar-refractivity contribution is 0.00577. The molecule has 0 aromatic heterocycles. The van der Waals surface area contributed by atoms with E-state index >= 15 is 0 Å². The molecule has 1 aromatic carbocycles. The lowest BCUT2D eigenvalue weighted by Gasteiger charge is -2.45. The van der Waals surface area contributed by atoms with Crippen molar-refractivity contribution in [1.82, 2.24) is 0 Å². The molecule has 0 aliphatic heterocycles. The maximum Gasteiger partial charge on any atom is 0.200 e. The average molecular weight is 433 g/mol. The van der Waals surface area contributed by atoms with E-state index in [9.17, 15) is 8.78 Å². The third-order valence-electron chi connectivity index (χ3n) is 8.31. The van der Waals surface area contributed by atoms with Crippen molar-refractivity contribution in [3.63, 3.8) is 0 Å². The zero-order valence-corrected chi connectivity index (χ0v) is 19.0. The lowest BCUT2D eigenvalue weighted by Crippen LogP contribution is -2.35. The molecule has 4 atom stereocenters. The number of rotatable bonds is 7. The van der Waals surface area contributed by atoms with Crippen molar-refractivity contribution >= 4 is 0 Å². The van der Waals surface area contributed by atoms with Crippen molar-refractivity contribution in [1.29, 1.82) is 0 Å². The topological polar surface area (TPSA) is 18.5 Å². The minimum absolute atomic E-state index is 0.0191. The summed E-state index contributed by atoms with van der Waals surface area (Å²) in [6, 6.07) is 3.32. The maximum absolute atomic E-state index is 14.8. The van der Waals surface area contributed by atoms with Gasteiger partial charge in [-0.15, -0.1) is 0 Å². The summed E-state index contributed by atoms with van der Waals surface area (Å²) in [6.07, 6.45) is 14.1. The van der Waals surface area contributed by atoms with Crippen molar-refractivity contribution < 1.29 is 18.3 Å². The SMILES string of the molecule is C=CCOc1ccc(C2CCC3CC(C4CCC(OCC)CC4)CCC3C2)c(F)c1F. The molecule has 0 radical (unpaired) electrons. The number of fused-ring (bicyclic) bond motifs is 1. The first-order valence-corrected chi connectivity index (χ1v) is 12.4. The van der Waals surface area contributed by atoms with Gasteiger partial charge in [0.25, 0.3) is 0 Å². The second-order valence-corrected chi connectivity index (χ2v) is 9.98. The molecule has 2 nitrogen and oxygen atoms in total. The maximum atomic E-state index is 14.8. The standard InChI is InChI=1S/C27H38F2O2/c1-3-15-31-25-14-13-24(26(28)27(25)29)22-8-7-20-16-19(5-6-21(20)17-22)18-9-11-23(12-10-18)30-4-2/h3,13-14,18-23H,1,4-12,15-17H2,2H3. The van der Waals surface area contributed by atoms with Gasteiger partial charge >= 0.3 is 0 Å². The van der Waals surface area contributed by atoms with Crippen LogP contribution in [-0.2, 0) is 4.74 Å². The molecule has 4 unspecified atom stereocenters. The summed E-state index contributed by atoms with van der Waals surface area (Å²) >= 11 is 0. The van der Waals surface area contributed by atoms with Crippen LogP contribution in [0.4, 0.5) is 8.78 Å². The minimum atomic E-state index is -0.854. The molecular weight excluding hydrogens is 394 g/mol. The predicted molar refractivity (Wildman–Crippen MR) is 120 cm³/mol. The Kier molecular flexibility index (Phi) is 7.68. The van der Waals surface area contributed by atoms with Crippen LogP contribution in [0.15, 0.2) is 24.8 Å². The van der Waals surface area contributed by atoms with Crippen LogP contribution in [0.5, 0.6) is 5.75 Å². The Hall–Kier alpha value is -1.42. The molecule has 0 bridgehead atoms. The summed E-state index contributed by atoms with van der Waals surface area (Å²) in [5.74, 6) is 1.69. The molecule has 172 valence electrons. The smallest absolute Gasteiger partial charge is 0.200 e. The van der Waals surface area contributed by atoms with Gasteiger partial charge in [0.15, 0.2) is 11.6 Å². The molecule has 4 heteroatoms. The zero-order valence-electron chi connectivity index (χ0n) is 19.0. The van der Waals surface area contributed by atoms with Gasteiger partial charge in [-0.05, 0) is 112 Å². The highest BCUT2D eigenvalue weighted by molar-refractivity contribution is 5.33. The largest absolute Gasteiger partial charge is 0.486 e. The van der Waals surface area contributed by atoms with E-state index < -0.39 is 11.6 Å². The van der Waals surface area contributed by atoms with Crippen LogP contribution >= 0.6 is 0 Å². The summed E-state index contributed by atoms with van der Waals surface area (Å²) in [4.78, 5) is 0. The summed E-state index contributed by atoms with van der Waals surface area (Å²) < 4.78 is 40.3. The Morgan fingerprint density at radius 3 is 2.23 bits per heavy atom. The van der Waals surface area contributed by atoms with Crippen molar-refractivity contribution in [3.05, 3.63) is 42.0 Å². The lowest BCUT2D eigenvalue weighted by atomic mass is 9.60. The Labute approximate surface area is 186 Å². The molecule has 0 N–H and O–H groups in total. The Balaban J connectivity index is 1.33. The van der Waals surface area contributed by atoms with E-state index in [1.54, 1.807) is 12.1 Å². The molecule has 1 aromatic rings. The van der Waals surface area contributed by atoms with Gasteiger partial charge in [0.1, 0.15) is 6.61 Å². The van der Waals surface area contributed by atoms with Crippen LogP contribution in [0, 0.1) is 35.3 Å². The number of hydrogen-bond donors (Lipinski definition) is 0. The van der Waals surface area contributed by atoms with Gasteiger partial charge in [0.05, 0.1) is 6.10 Å². The highest BCUT2D eigenvalue weighted by atomic mass is 19.2. The Morgan fingerprint density at radius 1 is 0.871 bits per heavy atom. The first-order chi connectivity index (χ1) is 15.1. The molecule has 0 spiro atoms. The minimum Gasteiger partial charge on any atom is -0.486 e. The highest BCUT2D eigenvalue weighted by Gasteiger charge is 2.39. The Bertz CT molecular complexity index is 741. The van der Waals surface area contributed by atoms with E-state index in [1.807, 2.05) is 0 Å². The molecule has 0 amide bonds. The van der Waals surface area contributed by atoms with Gasteiger partial charge in [-0.3, -0.25) is 0 Å². The number of ether oxygens (including phenoxy) is 2. The summed E-state index contributed by atoms with van der Waals surface area (Å²) in [5, 5.41) is 0. The van der Waals surface area contributed by atoms with Crippen LogP contribution in [0.1, 0.15) is 82.6 Å². The van der Waals surface area contributed by atoms with Gasteiger partial charge in [0, 0.05) is 6.61 Å². The fraction of sp³-hybridized carbons (Fsp3) is 0.704. The van der Waals surface area contributed by atoms with Crippen LogP contribution in [0.3, 0.4) is 0 Å². The average Bonchev–Trinajstić information content (AvgIpc) is 2.80. The zero-order chi connectivity index (χ0) is 21.8. The van der Waals surface area contributed by atoms with E-state index in [0.717, 1.165) is 43.6 Å². The van der Waals surface area contributed by atoms with Crippen LogP contribution in [0.25, 0.3) is 0 Å². The molecule has 0 saturated heterocycles. The molecule has 3 aliphatic rings. The van der Waals surface area contributed by atoms with Crippen molar-refractivity contribution in [2.45, 2.75) is 83.2 Å². The molecule has 4 rings (SSSR count). The summed E-state index contributed by atoms with van der Waals surface area (Å²) in [5.41, 5.74) is 0.540. The van der Waals surface area contributed by atoms with E-state index in [0.29, 0.717) is 17.6 Å². The molecular formula is C27H38F2O2. The van der Waals surface area contributed by atoms with E-state index in [1.165, 1.54) is 51.0 Å². The van der Waals surface area contributed by atoms with E-state index in [-0.39, 0.29) is 18.3 Å². The van der Waals surface area contributed by atoms with Crippen LogP contribution in [-0.4, -0.2) is 19.3 Å². The van der Waals surface area contributed by atoms with Gasteiger partial charge in [0.2, 0.25) is 5.82 Å². The number of halogens is 2. The van der Waals surface area contributed by atoms with Gasteiger partial charge < -0.3 is 9.47 Å². The number of hydrogen-bond acceptors (Lipinski definition) is 2. The third kappa shape index (κ3) is 5.16. The van der Waals surface area contributed by atoms with Gasteiger partial charge in [-0.1, -0.05) is 18.7 Å². The third-order valence-corrected chi connectivity index (χ3v) is 8.31. The molecule has 0 heterocycles. The summed E-state index contributed by atoms with van der Waals surface area (Å²) in [7, 11) is 0. The first-order valence-electron chi connectivity index (χ1n) is 12.4. The van der Waals surface area contributed by atoms with Gasteiger partial charge in [-0.2, -0.15) is 4.39 Å². The second-order valence-electron chi connectivity index (χ2n) is 9.98. The van der Waals surface area contributed by atoms with Crippen molar-refractivity contribution in [2.24, 2.45) is 23.7 Å². The van der Waals surface area contributed by atoms with Crippen molar-refractivity contribution in [3.8, 4) is 5.75 Å². The first kappa shape index (κ1) is 22.8. The molecule has 31 heavy (non-hydrogen) atoms. The van der Waals surface area contributed by atoms with E-state index in [4.69, 9.17) is 9.47 Å². The fourth-order valence-electron chi connectivity index (χ4n) is 6.72. The second kappa shape index (κ2) is 10.5. The quantitative estimate of drug-likeness (QED) is 0.417. The van der Waals surface area contributed by atoms with Crippen LogP contribution < -0.4 is 4.74 Å². The Morgan fingerprint density at radius 2 is 1.52 bits per heavy atom. The number of benzene rings is 1.